The van der Waals surface area contributed by atoms with Crippen LogP contribution in [0.1, 0.15) is 0 Å². The molecule has 0 aliphatic carbocycles. The lowest BCUT2D eigenvalue weighted by Gasteiger charge is -2.29. The Balaban J connectivity index is 1.04. The van der Waals surface area contributed by atoms with Gasteiger partial charge in [-0.3, -0.25) is 0 Å². The molecule has 4 heteroatoms. The number of aromatic nitrogens is 2. The van der Waals surface area contributed by atoms with Crippen molar-refractivity contribution in [3.63, 3.8) is 0 Å². The van der Waals surface area contributed by atoms with Gasteiger partial charge in [-0.25, -0.2) is 4.98 Å². The standard InChI is InChI=1S/C55H35N3O/c1-2-14-37(15-3-1)42-17-6-9-21-50(42)57(40-27-29-41(30-28-40)58-51-22-10-7-18-45(51)46-19-8-11-23-52(46)58)53-24-12-20-43-44-33-34-49-54(48(44)32-31-47(43)53)59-55(56-49)39-26-25-36-13-4-5-16-38(36)35-39/h1-35H. The highest BCUT2D eigenvalue weighted by atomic mass is 16.3. The maximum atomic E-state index is 6.62. The topological polar surface area (TPSA) is 34.2 Å². The summed E-state index contributed by atoms with van der Waals surface area (Å²) >= 11 is 0. The number of hydrogen-bond donors (Lipinski definition) is 0. The van der Waals surface area contributed by atoms with E-state index in [4.69, 9.17) is 9.40 Å². The second kappa shape index (κ2) is 13.3. The fraction of sp³-hybridized carbons (Fsp3) is 0. The van der Waals surface area contributed by atoms with Crippen molar-refractivity contribution in [2.75, 3.05) is 4.90 Å². The molecule has 0 N–H and O–H groups in total. The van der Waals surface area contributed by atoms with Crippen LogP contribution in [0.25, 0.3) is 93.5 Å². The summed E-state index contributed by atoms with van der Waals surface area (Å²) in [4.78, 5) is 7.38. The zero-order chi connectivity index (χ0) is 38.9. The Bertz CT molecular complexity index is 3510. The number of para-hydroxylation sites is 3. The molecule has 12 aromatic rings. The zero-order valence-electron chi connectivity index (χ0n) is 32.0. The van der Waals surface area contributed by atoms with E-state index in [1.54, 1.807) is 0 Å². The summed E-state index contributed by atoms with van der Waals surface area (Å²) in [7, 11) is 0. The zero-order valence-corrected chi connectivity index (χ0v) is 32.0. The van der Waals surface area contributed by atoms with Gasteiger partial charge in [-0.15, -0.1) is 0 Å². The molecule has 59 heavy (non-hydrogen) atoms. The van der Waals surface area contributed by atoms with Crippen molar-refractivity contribution in [3.8, 4) is 28.3 Å². The quantitative estimate of drug-likeness (QED) is 0.159. The molecule has 0 saturated carbocycles. The van der Waals surface area contributed by atoms with Gasteiger partial charge in [0.25, 0.3) is 0 Å². The van der Waals surface area contributed by atoms with Gasteiger partial charge >= 0.3 is 0 Å². The molecule has 10 aromatic carbocycles. The van der Waals surface area contributed by atoms with Crippen LogP contribution in [0, 0.1) is 0 Å². The van der Waals surface area contributed by atoms with Crippen LogP contribution in [-0.2, 0) is 0 Å². The van der Waals surface area contributed by atoms with Crippen molar-refractivity contribution >= 4 is 82.3 Å². The van der Waals surface area contributed by atoms with Crippen LogP contribution < -0.4 is 4.90 Å². The lowest BCUT2D eigenvalue weighted by molar-refractivity contribution is 0.623. The molecule has 0 bridgehead atoms. The summed E-state index contributed by atoms with van der Waals surface area (Å²) < 4.78 is 8.99. The van der Waals surface area contributed by atoms with Crippen molar-refractivity contribution < 1.29 is 4.42 Å². The number of benzene rings is 10. The molecule has 2 aromatic heterocycles. The smallest absolute Gasteiger partial charge is 0.227 e. The SMILES string of the molecule is c1ccc(-c2ccccc2N(c2ccc(-n3c4ccccc4c4ccccc43)cc2)c2cccc3c2ccc2c3ccc3nc(-c4ccc5ccccc5c4)oc32)cc1. The number of hydrogen-bond acceptors (Lipinski definition) is 3. The van der Waals surface area contributed by atoms with Gasteiger partial charge in [0, 0.05) is 44.0 Å². The van der Waals surface area contributed by atoms with E-state index in [2.05, 4.69) is 222 Å². The first-order valence-electron chi connectivity index (χ1n) is 20.0. The molecule has 0 aliphatic heterocycles. The molecule has 0 amide bonds. The molecule has 4 nitrogen and oxygen atoms in total. The minimum absolute atomic E-state index is 0.625. The van der Waals surface area contributed by atoms with E-state index in [1.165, 1.54) is 27.2 Å². The van der Waals surface area contributed by atoms with E-state index in [1.807, 2.05) is 0 Å². The molecule has 0 unspecified atom stereocenters. The van der Waals surface area contributed by atoms with E-state index < -0.39 is 0 Å². The summed E-state index contributed by atoms with van der Waals surface area (Å²) in [6.07, 6.45) is 0. The number of anilines is 3. The van der Waals surface area contributed by atoms with E-state index in [-0.39, 0.29) is 0 Å². The minimum atomic E-state index is 0.625. The second-order valence-electron chi connectivity index (χ2n) is 15.1. The molecule has 276 valence electrons. The summed E-state index contributed by atoms with van der Waals surface area (Å²) in [5.74, 6) is 0.625. The van der Waals surface area contributed by atoms with Crippen LogP contribution in [-0.4, -0.2) is 9.55 Å². The minimum Gasteiger partial charge on any atom is -0.435 e. The molecule has 0 aliphatic rings. The first-order valence-corrected chi connectivity index (χ1v) is 20.0. The first kappa shape index (κ1) is 33.2. The Morgan fingerprint density at radius 1 is 0.407 bits per heavy atom. The Morgan fingerprint density at radius 3 is 1.85 bits per heavy atom. The number of oxazole rings is 1. The van der Waals surface area contributed by atoms with E-state index in [0.717, 1.165) is 77.5 Å². The predicted octanol–water partition coefficient (Wildman–Crippen LogP) is 15.2. The Morgan fingerprint density at radius 2 is 1.03 bits per heavy atom. The fourth-order valence-electron chi connectivity index (χ4n) is 9.07. The summed E-state index contributed by atoms with van der Waals surface area (Å²) in [6, 6.07) is 75.8. The summed E-state index contributed by atoms with van der Waals surface area (Å²) in [6.45, 7) is 0. The lowest BCUT2D eigenvalue weighted by Crippen LogP contribution is -2.12. The van der Waals surface area contributed by atoms with Gasteiger partial charge in [0.15, 0.2) is 5.58 Å². The van der Waals surface area contributed by atoms with Crippen LogP contribution in [0.5, 0.6) is 0 Å². The third-order valence-electron chi connectivity index (χ3n) is 11.8. The highest BCUT2D eigenvalue weighted by Gasteiger charge is 2.21. The highest BCUT2D eigenvalue weighted by molar-refractivity contribution is 6.18. The Hall–Kier alpha value is -7.95. The molecule has 0 atom stereocenters. The molecule has 0 fully saturated rings. The molecular formula is C55H35N3O. The van der Waals surface area contributed by atoms with Gasteiger partial charge in [-0.2, -0.15) is 0 Å². The van der Waals surface area contributed by atoms with E-state index in [0.29, 0.717) is 5.89 Å². The molecule has 0 radical (unpaired) electrons. The van der Waals surface area contributed by atoms with E-state index >= 15 is 0 Å². The lowest BCUT2D eigenvalue weighted by atomic mass is 9.98. The van der Waals surface area contributed by atoms with Gasteiger partial charge in [-0.1, -0.05) is 140 Å². The Labute approximate surface area is 340 Å². The van der Waals surface area contributed by atoms with Gasteiger partial charge in [-0.05, 0) is 99.9 Å². The van der Waals surface area contributed by atoms with Crippen molar-refractivity contribution in [2.24, 2.45) is 0 Å². The van der Waals surface area contributed by atoms with Crippen LogP contribution in [0.2, 0.25) is 0 Å². The first-order chi connectivity index (χ1) is 29.3. The molecule has 0 spiro atoms. The largest absolute Gasteiger partial charge is 0.435 e. The van der Waals surface area contributed by atoms with Crippen molar-refractivity contribution in [1.29, 1.82) is 0 Å². The average molecular weight is 754 g/mol. The third kappa shape index (κ3) is 5.34. The Kier molecular flexibility index (Phi) is 7.50. The normalized spacial score (nSPS) is 11.7. The number of fused-ring (bicyclic) bond motifs is 9. The molecule has 0 saturated heterocycles. The number of rotatable bonds is 6. The molecule has 12 rings (SSSR count). The van der Waals surface area contributed by atoms with Crippen molar-refractivity contribution in [1.82, 2.24) is 9.55 Å². The average Bonchev–Trinajstić information content (AvgIpc) is 3.90. The predicted molar refractivity (Wildman–Crippen MR) is 246 cm³/mol. The van der Waals surface area contributed by atoms with Gasteiger partial charge < -0.3 is 13.9 Å². The maximum absolute atomic E-state index is 6.62. The van der Waals surface area contributed by atoms with Crippen molar-refractivity contribution in [2.45, 2.75) is 0 Å². The molecule has 2 heterocycles. The highest BCUT2D eigenvalue weighted by Crippen LogP contribution is 2.45. The molecular weight excluding hydrogens is 719 g/mol. The van der Waals surface area contributed by atoms with Crippen LogP contribution >= 0.6 is 0 Å². The van der Waals surface area contributed by atoms with Crippen LogP contribution in [0.3, 0.4) is 0 Å². The third-order valence-corrected chi connectivity index (χ3v) is 11.8. The van der Waals surface area contributed by atoms with Gasteiger partial charge in [0.1, 0.15) is 5.52 Å². The number of nitrogens with zero attached hydrogens (tertiary/aromatic N) is 3. The summed E-state index contributed by atoms with van der Waals surface area (Å²) in [5.41, 5.74) is 11.7. The van der Waals surface area contributed by atoms with E-state index in [9.17, 15) is 0 Å². The van der Waals surface area contributed by atoms with Crippen LogP contribution in [0.15, 0.2) is 217 Å². The van der Waals surface area contributed by atoms with Gasteiger partial charge in [0.2, 0.25) is 5.89 Å². The van der Waals surface area contributed by atoms with Crippen LogP contribution in [0.4, 0.5) is 17.1 Å². The monoisotopic (exact) mass is 753 g/mol. The summed E-state index contributed by atoms with van der Waals surface area (Å²) in [5, 5.41) is 9.31. The fourth-order valence-corrected chi connectivity index (χ4v) is 9.07. The van der Waals surface area contributed by atoms with Crippen molar-refractivity contribution in [3.05, 3.63) is 212 Å². The van der Waals surface area contributed by atoms with Gasteiger partial charge in [0.05, 0.1) is 22.4 Å². The maximum Gasteiger partial charge on any atom is 0.227 e. The second-order valence-corrected chi connectivity index (χ2v) is 15.1.